The molecule has 8 heteroatoms. The summed E-state index contributed by atoms with van der Waals surface area (Å²) in [6.45, 7) is 0. The van der Waals surface area contributed by atoms with Gasteiger partial charge in [-0.15, -0.1) is 11.6 Å². The van der Waals surface area contributed by atoms with Crippen molar-refractivity contribution >= 4 is 23.1 Å². The molecule has 4 N–H and O–H groups in total. The Hall–Kier alpha value is -1.44. The SMILES string of the molecule is Nc1ncc([N+](=O)[O-])cc1C(O)C(O)CCl. The van der Waals surface area contributed by atoms with Gasteiger partial charge < -0.3 is 15.9 Å². The van der Waals surface area contributed by atoms with Gasteiger partial charge in [0.05, 0.1) is 16.9 Å². The Morgan fingerprint density at radius 3 is 2.75 bits per heavy atom. The lowest BCUT2D eigenvalue weighted by Gasteiger charge is -2.16. The van der Waals surface area contributed by atoms with Crippen molar-refractivity contribution in [1.82, 2.24) is 4.98 Å². The van der Waals surface area contributed by atoms with Crippen LogP contribution in [0.1, 0.15) is 11.7 Å². The first-order valence-corrected chi connectivity index (χ1v) is 4.82. The zero-order valence-electron chi connectivity index (χ0n) is 8.08. The van der Waals surface area contributed by atoms with Gasteiger partial charge in [0, 0.05) is 11.6 Å². The number of anilines is 1. The van der Waals surface area contributed by atoms with Crippen molar-refractivity contribution in [2.75, 3.05) is 11.6 Å². The number of nitro groups is 1. The quantitative estimate of drug-likeness (QED) is 0.397. The average molecular weight is 248 g/mol. The van der Waals surface area contributed by atoms with E-state index in [1.165, 1.54) is 0 Å². The molecule has 7 nitrogen and oxygen atoms in total. The van der Waals surface area contributed by atoms with Crippen LogP contribution in [-0.2, 0) is 0 Å². The summed E-state index contributed by atoms with van der Waals surface area (Å²) in [6.07, 6.45) is -1.68. The van der Waals surface area contributed by atoms with Gasteiger partial charge >= 0.3 is 0 Å². The number of rotatable bonds is 4. The van der Waals surface area contributed by atoms with E-state index in [2.05, 4.69) is 4.98 Å². The summed E-state index contributed by atoms with van der Waals surface area (Å²) >= 11 is 5.35. The van der Waals surface area contributed by atoms with Crippen molar-refractivity contribution in [3.63, 3.8) is 0 Å². The molecule has 0 aliphatic rings. The van der Waals surface area contributed by atoms with Crippen molar-refractivity contribution in [3.8, 4) is 0 Å². The Bertz CT molecular complexity index is 401. The molecule has 2 unspecified atom stereocenters. The number of aliphatic hydroxyl groups excluding tert-OH is 2. The third-order valence-electron chi connectivity index (χ3n) is 1.99. The Labute approximate surface area is 95.6 Å². The topological polar surface area (TPSA) is 123 Å². The molecule has 0 fully saturated rings. The maximum atomic E-state index is 10.5. The summed E-state index contributed by atoms with van der Waals surface area (Å²) in [5.41, 5.74) is 5.11. The summed E-state index contributed by atoms with van der Waals surface area (Å²) in [7, 11) is 0. The van der Waals surface area contributed by atoms with Crippen LogP contribution in [0.4, 0.5) is 11.5 Å². The minimum atomic E-state index is -1.40. The maximum absolute atomic E-state index is 10.5. The molecule has 1 rings (SSSR count). The zero-order valence-corrected chi connectivity index (χ0v) is 8.83. The van der Waals surface area contributed by atoms with E-state index in [9.17, 15) is 20.3 Å². The summed E-state index contributed by atoms with van der Waals surface area (Å²) in [5.74, 6) is -0.300. The van der Waals surface area contributed by atoms with Crippen molar-refractivity contribution < 1.29 is 15.1 Å². The first-order valence-electron chi connectivity index (χ1n) is 4.29. The zero-order chi connectivity index (χ0) is 12.3. The van der Waals surface area contributed by atoms with Gasteiger partial charge in [0.2, 0.25) is 0 Å². The highest BCUT2D eigenvalue weighted by atomic mass is 35.5. The van der Waals surface area contributed by atoms with Crippen LogP contribution >= 0.6 is 11.6 Å². The second-order valence-electron chi connectivity index (χ2n) is 3.09. The van der Waals surface area contributed by atoms with Crippen LogP contribution in [0.2, 0.25) is 0 Å². The molecule has 88 valence electrons. The largest absolute Gasteiger partial charge is 0.389 e. The fourth-order valence-corrected chi connectivity index (χ4v) is 1.28. The van der Waals surface area contributed by atoms with Crippen molar-refractivity contribution in [1.29, 1.82) is 0 Å². The second kappa shape index (κ2) is 5.06. The van der Waals surface area contributed by atoms with E-state index in [0.717, 1.165) is 12.3 Å². The molecule has 2 atom stereocenters. The number of alkyl halides is 1. The van der Waals surface area contributed by atoms with Crippen LogP contribution in [0.25, 0.3) is 0 Å². The van der Waals surface area contributed by atoms with Gasteiger partial charge in [-0.3, -0.25) is 10.1 Å². The van der Waals surface area contributed by atoms with Crippen LogP contribution in [0.15, 0.2) is 12.3 Å². The molecule has 1 aromatic heterocycles. The molecule has 0 saturated carbocycles. The number of hydrogen-bond donors (Lipinski definition) is 3. The highest BCUT2D eigenvalue weighted by Gasteiger charge is 2.22. The number of hydrogen-bond acceptors (Lipinski definition) is 6. The average Bonchev–Trinajstić information content (AvgIpc) is 2.27. The van der Waals surface area contributed by atoms with E-state index in [4.69, 9.17) is 17.3 Å². The molecular weight excluding hydrogens is 238 g/mol. The Balaban J connectivity index is 3.11. The van der Waals surface area contributed by atoms with Crippen molar-refractivity contribution in [3.05, 3.63) is 27.9 Å². The van der Waals surface area contributed by atoms with E-state index in [1.807, 2.05) is 0 Å². The summed E-state index contributed by atoms with van der Waals surface area (Å²) < 4.78 is 0. The Morgan fingerprint density at radius 1 is 1.62 bits per heavy atom. The van der Waals surface area contributed by atoms with Gasteiger partial charge in [0.15, 0.2) is 0 Å². The van der Waals surface area contributed by atoms with Crippen molar-refractivity contribution in [2.45, 2.75) is 12.2 Å². The smallest absolute Gasteiger partial charge is 0.288 e. The van der Waals surface area contributed by atoms with Crippen LogP contribution in [0.5, 0.6) is 0 Å². The predicted octanol–water partition coefficient (Wildman–Crippen LogP) is 0.205. The predicted molar refractivity (Wildman–Crippen MR) is 57.0 cm³/mol. The van der Waals surface area contributed by atoms with Gasteiger partial charge in [0.25, 0.3) is 5.69 Å². The molecule has 1 heterocycles. The minimum Gasteiger partial charge on any atom is -0.389 e. The van der Waals surface area contributed by atoms with Gasteiger partial charge in [-0.05, 0) is 0 Å². The van der Waals surface area contributed by atoms with Gasteiger partial charge in [-0.1, -0.05) is 0 Å². The highest BCUT2D eigenvalue weighted by Crippen LogP contribution is 2.25. The monoisotopic (exact) mass is 247 g/mol. The molecule has 1 aromatic rings. The van der Waals surface area contributed by atoms with E-state index >= 15 is 0 Å². The fourth-order valence-electron chi connectivity index (χ4n) is 1.11. The fraction of sp³-hybridized carbons (Fsp3) is 0.375. The number of nitrogens with zero attached hydrogens (tertiary/aromatic N) is 2. The highest BCUT2D eigenvalue weighted by molar-refractivity contribution is 6.18. The standard InChI is InChI=1S/C8H10ClN3O4/c9-2-6(13)7(14)5-1-4(12(15)16)3-11-8(5)10/h1,3,6-7,13-14H,2H2,(H2,10,11). The number of pyridine rings is 1. The van der Waals surface area contributed by atoms with Crippen LogP contribution in [-0.4, -0.2) is 32.1 Å². The van der Waals surface area contributed by atoms with E-state index in [1.54, 1.807) is 0 Å². The van der Waals surface area contributed by atoms with E-state index < -0.39 is 17.1 Å². The molecule has 16 heavy (non-hydrogen) atoms. The third-order valence-corrected chi connectivity index (χ3v) is 2.30. The summed E-state index contributed by atoms with van der Waals surface area (Å²) in [4.78, 5) is 13.4. The Morgan fingerprint density at radius 2 is 2.25 bits per heavy atom. The van der Waals surface area contributed by atoms with E-state index in [0.29, 0.717) is 0 Å². The maximum Gasteiger partial charge on any atom is 0.288 e. The number of aliphatic hydroxyl groups is 2. The molecule has 0 aliphatic carbocycles. The number of aromatic nitrogens is 1. The third kappa shape index (κ3) is 2.57. The lowest BCUT2D eigenvalue weighted by atomic mass is 10.1. The lowest BCUT2D eigenvalue weighted by molar-refractivity contribution is -0.385. The lowest BCUT2D eigenvalue weighted by Crippen LogP contribution is -2.21. The first-order chi connectivity index (χ1) is 7.47. The molecule has 0 spiro atoms. The molecule has 0 saturated heterocycles. The van der Waals surface area contributed by atoms with Gasteiger partial charge in [-0.25, -0.2) is 4.98 Å². The Kier molecular flexibility index (Phi) is 3.99. The first kappa shape index (κ1) is 12.6. The van der Waals surface area contributed by atoms with Crippen LogP contribution in [0.3, 0.4) is 0 Å². The van der Waals surface area contributed by atoms with Gasteiger partial charge in [0.1, 0.15) is 18.1 Å². The molecule has 0 radical (unpaired) electrons. The van der Waals surface area contributed by atoms with E-state index in [-0.39, 0.29) is 22.9 Å². The van der Waals surface area contributed by atoms with Crippen LogP contribution in [0, 0.1) is 10.1 Å². The number of nitrogen functional groups attached to an aromatic ring is 1. The van der Waals surface area contributed by atoms with Crippen LogP contribution < -0.4 is 5.73 Å². The normalized spacial score (nSPS) is 14.4. The molecule has 0 aliphatic heterocycles. The molecule has 0 bridgehead atoms. The number of nitrogens with two attached hydrogens (primary N) is 1. The second-order valence-corrected chi connectivity index (χ2v) is 3.40. The molecule has 0 aromatic carbocycles. The summed E-state index contributed by atoms with van der Waals surface area (Å²) in [6, 6.07) is 1.06. The van der Waals surface area contributed by atoms with Crippen molar-refractivity contribution in [2.24, 2.45) is 0 Å². The number of halogens is 1. The minimum absolute atomic E-state index is 0.0117. The molecule has 0 amide bonds. The summed E-state index contributed by atoms with van der Waals surface area (Å²) in [5, 5.41) is 29.4. The molecular formula is C8H10ClN3O4. The van der Waals surface area contributed by atoms with Gasteiger partial charge in [-0.2, -0.15) is 0 Å².